The van der Waals surface area contributed by atoms with Gasteiger partial charge in [0.1, 0.15) is 35.9 Å². The van der Waals surface area contributed by atoms with Crippen LogP contribution in [0.4, 0.5) is 0 Å². The summed E-state index contributed by atoms with van der Waals surface area (Å²) in [6.45, 7) is 0.140. The summed E-state index contributed by atoms with van der Waals surface area (Å²) in [5.74, 6) is -0.641. The Labute approximate surface area is 200 Å². The number of carbonyl (C=O) groups is 1. The van der Waals surface area contributed by atoms with Gasteiger partial charge in [-0.05, 0) is 54.6 Å². The van der Waals surface area contributed by atoms with E-state index in [9.17, 15) is 17.8 Å². The minimum Gasteiger partial charge on any atom is -0.458 e. The van der Waals surface area contributed by atoms with Gasteiger partial charge in [0, 0.05) is 0 Å². The lowest BCUT2D eigenvalue weighted by Gasteiger charge is -2.27. The van der Waals surface area contributed by atoms with Crippen LogP contribution in [0.2, 0.25) is 0 Å². The second kappa shape index (κ2) is 10.3. The van der Waals surface area contributed by atoms with Crippen molar-refractivity contribution < 1.29 is 22.5 Å². The maximum absolute atomic E-state index is 12.7. The van der Waals surface area contributed by atoms with E-state index in [4.69, 9.17) is 4.74 Å². The van der Waals surface area contributed by atoms with Crippen molar-refractivity contribution in [3.63, 3.8) is 0 Å². The van der Waals surface area contributed by atoms with Crippen LogP contribution in [0.15, 0.2) is 120 Å². The van der Waals surface area contributed by atoms with Crippen molar-refractivity contribution in [2.45, 2.75) is 4.90 Å². The highest BCUT2D eigenvalue weighted by Crippen LogP contribution is 2.55. The Morgan fingerprint density at radius 3 is 1.62 bits per heavy atom. The second-order valence-corrected chi connectivity index (χ2v) is 12.7. The summed E-state index contributed by atoms with van der Waals surface area (Å²) >= 11 is 0. The van der Waals surface area contributed by atoms with E-state index in [1.165, 1.54) is 34.1 Å². The molecule has 0 aliphatic rings. The normalized spacial score (nSPS) is 11.7. The summed E-state index contributed by atoms with van der Waals surface area (Å²) in [6.07, 6.45) is 0.578. The van der Waals surface area contributed by atoms with Crippen molar-refractivity contribution in [3.05, 3.63) is 121 Å². The maximum atomic E-state index is 12.7. The smallest absolute Gasteiger partial charge is 0.338 e. The summed E-state index contributed by atoms with van der Waals surface area (Å²) in [7, 11) is -6.56. The summed E-state index contributed by atoms with van der Waals surface area (Å²) < 4.78 is 37.8. The molecule has 4 rings (SSSR count). The first-order chi connectivity index (χ1) is 16.4. The minimum absolute atomic E-state index is 0.0678. The van der Waals surface area contributed by atoms with Gasteiger partial charge in [0.05, 0.1) is 10.5 Å². The van der Waals surface area contributed by atoms with Gasteiger partial charge < -0.3 is 4.74 Å². The molecule has 0 amide bonds. The molecule has 0 heterocycles. The number of carbonyl (C=O) groups excluding carboxylic acids is 1. The zero-order valence-electron chi connectivity index (χ0n) is 18.3. The minimum atomic E-state index is -4.41. The van der Waals surface area contributed by atoms with Gasteiger partial charge in [-0.3, -0.25) is 4.55 Å². The van der Waals surface area contributed by atoms with Crippen LogP contribution >= 0.6 is 7.26 Å². The summed E-state index contributed by atoms with van der Waals surface area (Å²) in [5.41, 5.74) is 0.0678. The lowest BCUT2D eigenvalue weighted by atomic mass is 10.2. The van der Waals surface area contributed by atoms with E-state index in [1.807, 2.05) is 54.6 Å². The van der Waals surface area contributed by atoms with Crippen LogP contribution in [0.25, 0.3) is 0 Å². The molecule has 0 atom stereocenters. The molecule has 0 fully saturated rings. The van der Waals surface area contributed by atoms with Crippen molar-refractivity contribution in [1.29, 1.82) is 0 Å². The molecule has 0 saturated carbocycles. The molecule has 0 unspecified atom stereocenters. The molecule has 0 bridgehead atoms. The van der Waals surface area contributed by atoms with Gasteiger partial charge in [0.15, 0.2) is 0 Å². The van der Waals surface area contributed by atoms with Crippen molar-refractivity contribution >= 4 is 39.3 Å². The zero-order chi connectivity index (χ0) is 24.0. The molecule has 0 saturated heterocycles. The van der Waals surface area contributed by atoms with Crippen molar-refractivity contribution in [1.82, 2.24) is 0 Å². The lowest BCUT2D eigenvalue weighted by Crippen LogP contribution is -2.35. The van der Waals surface area contributed by atoms with Crippen molar-refractivity contribution in [3.8, 4) is 0 Å². The maximum Gasteiger partial charge on any atom is 0.338 e. The topological polar surface area (TPSA) is 80.7 Å². The standard InChI is InChI=1S/C27H23O5PS/c28-27(22-11-10-18-26(21-22)34(29,30)31)32-19-20-33(23-12-4-1-5-13-23,24-14-6-2-7-15-24)25-16-8-3-9-17-25/h1-18,21H,19-20H2/p+1. The molecule has 0 spiro atoms. The predicted octanol–water partition coefficient (Wildman–Crippen LogP) is 4.08. The number of hydrogen-bond acceptors (Lipinski definition) is 4. The van der Waals surface area contributed by atoms with E-state index in [0.29, 0.717) is 6.16 Å². The molecule has 0 aliphatic carbocycles. The van der Waals surface area contributed by atoms with Crippen LogP contribution in [-0.2, 0) is 14.9 Å². The van der Waals surface area contributed by atoms with E-state index >= 15 is 0 Å². The predicted molar refractivity (Wildman–Crippen MR) is 137 cm³/mol. The molecular formula is C27H24O5PS+. The van der Waals surface area contributed by atoms with Crippen LogP contribution in [-0.4, -0.2) is 31.7 Å². The summed E-state index contributed by atoms with van der Waals surface area (Å²) in [5, 5.41) is 3.53. The lowest BCUT2D eigenvalue weighted by molar-refractivity contribution is 0.0529. The first-order valence-electron chi connectivity index (χ1n) is 10.7. The van der Waals surface area contributed by atoms with Crippen LogP contribution in [0.5, 0.6) is 0 Å². The molecule has 0 aliphatic heterocycles. The van der Waals surface area contributed by atoms with Gasteiger partial charge in [0.25, 0.3) is 10.1 Å². The number of rotatable bonds is 8. The SMILES string of the molecule is O=C(OCC[P+](c1ccccc1)(c1ccccc1)c1ccccc1)c1cccc(S(=O)(=O)O)c1. The van der Waals surface area contributed by atoms with Crippen LogP contribution in [0.1, 0.15) is 10.4 Å². The average Bonchev–Trinajstić information content (AvgIpc) is 2.88. The van der Waals surface area contributed by atoms with Gasteiger partial charge in [0.2, 0.25) is 0 Å². The first kappa shape index (κ1) is 23.8. The molecular weight excluding hydrogens is 467 g/mol. The van der Waals surface area contributed by atoms with E-state index in [0.717, 1.165) is 6.07 Å². The van der Waals surface area contributed by atoms with Gasteiger partial charge >= 0.3 is 5.97 Å². The van der Waals surface area contributed by atoms with Crippen molar-refractivity contribution in [2.75, 3.05) is 12.8 Å². The van der Waals surface area contributed by atoms with E-state index in [1.54, 1.807) is 0 Å². The van der Waals surface area contributed by atoms with Gasteiger partial charge in [-0.2, -0.15) is 8.42 Å². The van der Waals surface area contributed by atoms with Gasteiger partial charge in [-0.25, -0.2) is 4.79 Å². The largest absolute Gasteiger partial charge is 0.458 e. The first-order valence-corrected chi connectivity index (χ1v) is 14.1. The molecule has 1 N–H and O–H groups in total. The Hall–Kier alpha value is -3.31. The Bertz CT molecular complexity index is 1260. The Morgan fingerprint density at radius 1 is 0.706 bits per heavy atom. The molecule has 0 aromatic heterocycles. The quantitative estimate of drug-likeness (QED) is 0.228. The molecule has 4 aromatic rings. The number of esters is 1. The third kappa shape index (κ3) is 5.10. The van der Waals surface area contributed by atoms with Gasteiger partial charge in [-0.15, -0.1) is 0 Å². The number of benzene rings is 4. The van der Waals surface area contributed by atoms with E-state index in [-0.39, 0.29) is 17.1 Å². The molecule has 172 valence electrons. The molecule has 34 heavy (non-hydrogen) atoms. The van der Waals surface area contributed by atoms with Gasteiger partial charge in [-0.1, -0.05) is 60.7 Å². The highest BCUT2D eigenvalue weighted by atomic mass is 32.2. The summed E-state index contributed by atoms with van der Waals surface area (Å²) in [6, 6.07) is 35.9. The number of hydrogen-bond donors (Lipinski definition) is 1. The Balaban J connectivity index is 1.68. The monoisotopic (exact) mass is 491 g/mol. The Morgan fingerprint density at radius 2 is 1.18 bits per heavy atom. The number of ether oxygens (including phenoxy) is 1. The van der Waals surface area contributed by atoms with Crippen molar-refractivity contribution in [2.24, 2.45) is 0 Å². The third-order valence-electron chi connectivity index (χ3n) is 5.62. The summed E-state index contributed by atoms with van der Waals surface area (Å²) in [4.78, 5) is 12.4. The fraction of sp³-hybridized carbons (Fsp3) is 0.0741. The average molecular weight is 492 g/mol. The molecule has 0 radical (unpaired) electrons. The van der Waals surface area contributed by atoms with Crippen LogP contribution in [0, 0.1) is 0 Å². The fourth-order valence-electron chi connectivity index (χ4n) is 4.02. The van der Waals surface area contributed by atoms with Crippen LogP contribution < -0.4 is 15.9 Å². The highest BCUT2D eigenvalue weighted by Gasteiger charge is 2.45. The molecule has 4 aromatic carbocycles. The highest BCUT2D eigenvalue weighted by molar-refractivity contribution is 7.95. The fourth-order valence-corrected chi connectivity index (χ4v) is 8.63. The zero-order valence-corrected chi connectivity index (χ0v) is 20.0. The van der Waals surface area contributed by atoms with Crippen LogP contribution in [0.3, 0.4) is 0 Å². The van der Waals surface area contributed by atoms with E-state index < -0.39 is 23.3 Å². The Kier molecular flexibility index (Phi) is 7.23. The second-order valence-electron chi connectivity index (χ2n) is 7.68. The third-order valence-corrected chi connectivity index (χ3v) is 10.9. The molecule has 7 heteroatoms. The molecule has 5 nitrogen and oxygen atoms in total. The van der Waals surface area contributed by atoms with E-state index in [2.05, 4.69) is 36.4 Å².